The Kier molecular flexibility index (Phi) is 29.4. The molecule has 2 aromatic carbocycles. The van der Waals surface area contributed by atoms with Crippen LogP contribution in [0.15, 0.2) is 47.4 Å². The van der Waals surface area contributed by atoms with Crippen LogP contribution in [0.2, 0.25) is 0 Å². The van der Waals surface area contributed by atoms with Crippen LogP contribution in [0.1, 0.15) is 6.92 Å². The molecule has 3 unspecified atom stereocenters. The second-order valence-electron chi connectivity index (χ2n) is 7.05. The number of esters is 1. The fourth-order valence-corrected chi connectivity index (χ4v) is 3.27. The number of hydrogen-bond acceptors (Lipinski definition) is 9. The first kappa shape index (κ1) is 56.4. The molecular formula is C15H28F6O20P6S. The number of carbonyl (C=O) groups is 1. The molecule has 0 aliphatic carbocycles. The predicted octanol–water partition coefficient (Wildman–Crippen LogP) is 2.67. The van der Waals surface area contributed by atoms with Gasteiger partial charge >= 0.3 is 53.4 Å². The van der Waals surface area contributed by atoms with Crippen molar-refractivity contribution in [3.63, 3.8) is 0 Å². The normalized spacial score (nSPS) is 13.7. The molecule has 0 heterocycles. The molecule has 0 saturated carbocycles. The molecule has 48 heavy (non-hydrogen) atoms. The minimum absolute atomic E-state index is 0.101. The molecule has 0 fully saturated rings. The maximum absolute atomic E-state index is 11.6. The van der Waals surface area contributed by atoms with Gasteiger partial charge in [-0.25, -0.2) is 27.6 Å². The third-order valence-corrected chi connectivity index (χ3v) is 5.41. The standard InChI is InChI=1S/C15H17O2S.6FH2O3P/c1-11(15(16)17-2)18(3)14-9-8-12-6-4-5-7-13(12)10-14;6*1-5(2,3)4/h4-11H,1-3H3;6*(H2,2,3,4)/q+1;;;;;;/p-1. The van der Waals surface area contributed by atoms with Gasteiger partial charge in [0.15, 0.2) is 4.90 Å². The van der Waals surface area contributed by atoms with Gasteiger partial charge in [-0.1, -0.05) is 24.3 Å². The Balaban J connectivity index is -0.000000171. The highest BCUT2D eigenvalue weighted by molar-refractivity contribution is 7.97. The minimum atomic E-state index is -5.39. The first-order chi connectivity index (χ1) is 20.6. The zero-order valence-electron chi connectivity index (χ0n) is 23.6. The van der Waals surface area contributed by atoms with Gasteiger partial charge in [0.25, 0.3) is 0 Å². The molecule has 0 saturated heterocycles. The molecule has 2 aromatic rings. The van der Waals surface area contributed by atoms with Crippen molar-refractivity contribution in [1.82, 2.24) is 0 Å². The van der Waals surface area contributed by atoms with E-state index >= 15 is 0 Å². The van der Waals surface area contributed by atoms with Crippen LogP contribution >= 0.6 is 47.4 Å². The number of carbonyl (C=O) groups excluding carboxylic acids is 1. The lowest BCUT2D eigenvalue weighted by Crippen LogP contribution is -2.27. The van der Waals surface area contributed by atoms with Crippen molar-refractivity contribution in [3.8, 4) is 0 Å². The average Bonchev–Trinajstić information content (AvgIpc) is 2.76. The number of halogens is 6. The Morgan fingerprint density at radius 2 is 0.896 bits per heavy atom. The summed E-state index contributed by atoms with van der Waals surface area (Å²) in [7, 11) is -29.8. The van der Waals surface area contributed by atoms with Crippen molar-refractivity contribution in [3.05, 3.63) is 42.5 Å². The van der Waals surface area contributed by atoms with Gasteiger partial charge in [0.2, 0.25) is 5.25 Å². The molecule has 0 amide bonds. The van der Waals surface area contributed by atoms with E-state index in [0.29, 0.717) is 0 Å². The molecule has 0 spiro atoms. The van der Waals surface area contributed by atoms with E-state index in [1.54, 1.807) is 0 Å². The summed E-state index contributed by atoms with van der Waals surface area (Å²) in [6.45, 7) is 1.92. The number of rotatable bonds is 3. The van der Waals surface area contributed by atoms with Crippen LogP contribution in [0.5, 0.6) is 0 Å². The second kappa shape index (κ2) is 25.0. The maximum atomic E-state index is 11.6. The van der Waals surface area contributed by atoms with Crippen LogP contribution < -0.4 is 4.89 Å². The summed E-state index contributed by atoms with van der Waals surface area (Å²) in [5.74, 6) is -0.144. The molecule has 0 aliphatic heterocycles. The van der Waals surface area contributed by atoms with Crippen molar-refractivity contribution in [2.45, 2.75) is 17.1 Å². The highest BCUT2D eigenvalue weighted by atomic mass is 32.2. The predicted molar refractivity (Wildman–Crippen MR) is 154 cm³/mol. The van der Waals surface area contributed by atoms with Crippen molar-refractivity contribution in [2.75, 3.05) is 13.4 Å². The van der Waals surface area contributed by atoms with E-state index in [2.05, 4.69) is 36.6 Å². The lowest BCUT2D eigenvalue weighted by molar-refractivity contribution is -0.206. The molecule has 11 N–H and O–H groups in total. The van der Waals surface area contributed by atoms with Crippen LogP contribution in [-0.2, 0) is 47.8 Å². The molecule has 286 valence electrons. The van der Waals surface area contributed by atoms with Gasteiger partial charge in [0, 0.05) is 17.0 Å². The molecule has 3 atom stereocenters. The van der Waals surface area contributed by atoms with Crippen LogP contribution in [0.25, 0.3) is 10.8 Å². The third kappa shape index (κ3) is 80.0. The van der Waals surface area contributed by atoms with Crippen molar-refractivity contribution >= 4 is 75.1 Å². The Hall–Kier alpha value is -1.00. The van der Waals surface area contributed by atoms with E-state index in [4.69, 9.17) is 90.8 Å². The van der Waals surface area contributed by atoms with Crippen LogP contribution in [-0.4, -0.2) is 78.4 Å². The summed E-state index contributed by atoms with van der Waals surface area (Å²) in [5.41, 5.74) is 0. The summed E-state index contributed by atoms with van der Waals surface area (Å²) < 4.78 is 119. The van der Waals surface area contributed by atoms with Gasteiger partial charge in [-0.2, -0.15) is 4.20 Å². The van der Waals surface area contributed by atoms with E-state index in [-0.39, 0.29) is 22.1 Å². The number of benzene rings is 2. The van der Waals surface area contributed by atoms with Crippen LogP contribution in [0, 0.1) is 0 Å². The summed E-state index contributed by atoms with van der Waals surface area (Å²) in [4.78, 5) is 97.8. The Bertz CT molecular complexity index is 1300. The quantitative estimate of drug-likeness (QED) is 0.0914. The zero-order valence-corrected chi connectivity index (χ0v) is 29.8. The van der Waals surface area contributed by atoms with Gasteiger partial charge in [0.1, 0.15) is 6.26 Å². The number of ether oxygens (including phenoxy) is 1. The molecule has 20 nitrogen and oxygen atoms in total. The summed E-state index contributed by atoms with van der Waals surface area (Å²) in [5, 5.41) is 2.34. The Labute approximate surface area is 268 Å². The summed E-state index contributed by atoms with van der Waals surface area (Å²) >= 11 is 0. The lowest BCUT2D eigenvalue weighted by atomic mass is 10.1. The van der Waals surface area contributed by atoms with E-state index < -0.39 is 47.4 Å². The molecule has 2 rings (SSSR count). The zero-order chi connectivity index (χ0) is 40.1. The highest BCUT2D eigenvalue weighted by Gasteiger charge is 2.31. The smallest absolute Gasteiger partial charge is 0.507 e. The van der Waals surface area contributed by atoms with Gasteiger partial charge < -0.3 is 14.5 Å². The second-order valence-corrected chi connectivity index (χ2v) is 15.0. The van der Waals surface area contributed by atoms with E-state index in [9.17, 15) is 30.0 Å². The Morgan fingerprint density at radius 3 is 1.15 bits per heavy atom. The first-order valence-corrected chi connectivity index (χ1v) is 21.0. The van der Waals surface area contributed by atoms with E-state index in [1.807, 2.05) is 19.1 Å². The minimum Gasteiger partial charge on any atom is -0.753 e. The van der Waals surface area contributed by atoms with Crippen LogP contribution in [0.3, 0.4) is 0 Å². The molecule has 0 aliphatic rings. The maximum Gasteiger partial charge on any atom is 0.507 e. The molecule has 0 bridgehead atoms. The Morgan fingerprint density at radius 1 is 0.646 bits per heavy atom. The molecular weight excluding hydrogens is 832 g/mol. The van der Waals surface area contributed by atoms with Crippen molar-refractivity contribution in [1.29, 1.82) is 0 Å². The van der Waals surface area contributed by atoms with Crippen LogP contribution in [0.4, 0.5) is 25.2 Å². The first-order valence-electron chi connectivity index (χ1n) is 10.3. The SMILES string of the molecule is COC(=O)C(C)[S+](C)c1ccc2ccccc2c1.O=P(O)(O)F.O=P(O)(O)F.O=P(O)(O)F.O=P(O)(O)F.O=P(O)(O)F.O=P([O-])(O)F. The lowest BCUT2D eigenvalue weighted by Gasteiger charge is -2.10. The topological polar surface area (TPSA) is 374 Å². The van der Waals surface area contributed by atoms with E-state index in [1.165, 1.54) is 22.8 Å². The summed E-state index contributed by atoms with van der Waals surface area (Å²) in [6, 6.07) is 14.6. The molecule has 0 aromatic heterocycles. The monoisotopic (exact) mass is 860 g/mol. The summed E-state index contributed by atoms with van der Waals surface area (Å²) in [6.07, 6.45) is 2.09. The fraction of sp³-hybridized carbons (Fsp3) is 0.267. The number of hydrogen-bond donors (Lipinski definition) is 11. The van der Waals surface area contributed by atoms with Gasteiger partial charge in [-0.15, -0.1) is 21.0 Å². The highest BCUT2D eigenvalue weighted by Crippen LogP contribution is 2.36. The number of fused-ring (bicyclic) bond motifs is 1. The largest absolute Gasteiger partial charge is 0.753 e. The van der Waals surface area contributed by atoms with Gasteiger partial charge in [-0.3, -0.25) is 53.5 Å². The van der Waals surface area contributed by atoms with Gasteiger partial charge in [0.05, 0.1) is 7.11 Å². The van der Waals surface area contributed by atoms with Crippen molar-refractivity contribution < 1.29 is 121 Å². The van der Waals surface area contributed by atoms with Crippen molar-refractivity contribution in [2.24, 2.45) is 0 Å². The number of methoxy groups -OCH3 is 1. The van der Waals surface area contributed by atoms with E-state index in [0.717, 1.165) is 0 Å². The van der Waals surface area contributed by atoms with Gasteiger partial charge in [-0.05, 0) is 29.8 Å². The fourth-order valence-electron chi connectivity index (χ4n) is 1.88. The average molecular weight is 860 g/mol. The molecule has 0 radical (unpaired) electrons. The third-order valence-electron chi connectivity index (χ3n) is 3.16. The molecule has 33 heteroatoms.